The molecular formula is C9H17NO3. The van der Waals surface area contributed by atoms with E-state index in [0.29, 0.717) is 6.42 Å². The number of hydrogen-bond acceptors (Lipinski definition) is 2. The van der Waals surface area contributed by atoms with Crippen LogP contribution < -0.4 is 0 Å². The fraction of sp³-hybridized carbons (Fsp3) is 0.778. The van der Waals surface area contributed by atoms with E-state index in [0.717, 1.165) is 6.42 Å². The van der Waals surface area contributed by atoms with E-state index in [1.54, 1.807) is 0 Å². The highest BCUT2D eigenvalue weighted by atomic mass is 16.4. The molecule has 0 atom stereocenters. The van der Waals surface area contributed by atoms with E-state index in [1.807, 2.05) is 20.8 Å². The average Bonchev–Trinajstić information content (AvgIpc) is 1.99. The SMILES string of the molecule is CCCC(=O)N(CC(=O)O)C(C)C. The highest BCUT2D eigenvalue weighted by Crippen LogP contribution is 2.02. The lowest BCUT2D eigenvalue weighted by Gasteiger charge is -2.24. The Bertz CT molecular complexity index is 189. The summed E-state index contributed by atoms with van der Waals surface area (Å²) >= 11 is 0. The summed E-state index contributed by atoms with van der Waals surface area (Å²) in [7, 11) is 0. The Labute approximate surface area is 78.5 Å². The number of carboxylic acids is 1. The van der Waals surface area contributed by atoms with Crippen LogP contribution in [0.4, 0.5) is 0 Å². The van der Waals surface area contributed by atoms with Gasteiger partial charge in [-0.3, -0.25) is 9.59 Å². The van der Waals surface area contributed by atoms with E-state index >= 15 is 0 Å². The summed E-state index contributed by atoms with van der Waals surface area (Å²) < 4.78 is 0. The molecule has 0 aromatic carbocycles. The van der Waals surface area contributed by atoms with Crippen molar-refractivity contribution in [3.63, 3.8) is 0 Å². The van der Waals surface area contributed by atoms with Gasteiger partial charge in [0.2, 0.25) is 5.91 Å². The lowest BCUT2D eigenvalue weighted by molar-refractivity contribution is -0.145. The molecule has 76 valence electrons. The lowest BCUT2D eigenvalue weighted by Crippen LogP contribution is -2.40. The minimum atomic E-state index is -0.960. The number of amides is 1. The van der Waals surface area contributed by atoms with Gasteiger partial charge in [0.1, 0.15) is 6.54 Å². The minimum Gasteiger partial charge on any atom is -0.480 e. The molecule has 0 unspecified atom stereocenters. The van der Waals surface area contributed by atoms with Crippen LogP contribution >= 0.6 is 0 Å². The Kier molecular flexibility index (Phi) is 5.11. The first kappa shape index (κ1) is 11.9. The predicted octanol–water partition coefficient (Wildman–Crippen LogP) is 1.11. The second-order valence-electron chi connectivity index (χ2n) is 3.26. The molecule has 0 saturated heterocycles. The summed E-state index contributed by atoms with van der Waals surface area (Å²) in [6.45, 7) is 5.33. The van der Waals surface area contributed by atoms with E-state index in [4.69, 9.17) is 5.11 Å². The number of rotatable bonds is 5. The van der Waals surface area contributed by atoms with Gasteiger partial charge in [0.25, 0.3) is 0 Å². The molecule has 0 bridgehead atoms. The number of carbonyl (C=O) groups excluding carboxylic acids is 1. The number of aliphatic carboxylic acids is 1. The van der Waals surface area contributed by atoms with Crippen LogP contribution in [0.3, 0.4) is 0 Å². The third-order valence-corrected chi connectivity index (χ3v) is 1.71. The van der Waals surface area contributed by atoms with Gasteiger partial charge in [-0.15, -0.1) is 0 Å². The first-order valence-electron chi connectivity index (χ1n) is 4.50. The summed E-state index contributed by atoms with van der Waals surface area (Å²) in [6.07, 6.45) is 1.17. The second kappa shape index (κ2) is 5.56. The van der Waals surface area contributed by atoms with Crippen molar-refractivity contribution in [3.05, 3.63) is 0 Å². The fourth-order valence-electron chi connectivity index (χ4n) is 1.06. The van der Waals surface area contributed by atoms with Gasteiger partial charge in [0.05, 0.1) is 0 Å². The number of carbonyl (C=O) groups is 2. The van der Waals surface area contributed by atoms with Gasteiger partial charge in [-0.1, -0.05) is 6.92 Å². The summed E-state index contributed by atoms with van der Waals surface area (Å²) in [5, 5.41) is 8.56. The molecule has 0 saturated carbocycles. The Balaban J connectivity index is 4.24. The first-order chi connectivity index (χ1) is 5.99. The van der Waals surface area contributed by atoms with Crippen molar-refractivity contribution < 1.29 is 14.7 Å². The molecule has 1 amide bonds. The maximum Gasteiger partial charge on any atom is 0.323 e. The van der Waals surface area contributed by atoms with E-state index in [-0.39, 0.29) is 18.5 Å². The molecule has 4 nitrogen and oxygen atoms in total. The third kappa shape index (κ3) is 4.50. The summed E-state index contributed by atoms with van der Waals surface area (Å²) in [5.41, 5.74) is 0. The molecule has 0 aliphatic rings. The van der Waals surface area contributed by atoms with Crippen LogP contribution in [0.15, 0.2) is 0 Å². The van der Waals surface area contributed by atoms with Crippen molar-refractivity contribution in [2.75, 3.05) is 6.54 Å². The standard InChI is InChI=1S/C9H17NO3/c1-4-5-8(11)10(7(2)3)6-9(12)13/h7H,4-6H2,1-3H3,(H,12,13). The topological polar surface area (TPSA) is 57.6 Å². The van der Waals surface area contributed by atoms with Gasteiger partial charge in [-0.05, 0) is 20.3 Å². The summed E-state index contributed by atoms with van der Waals surface area (Å²) in [4.78, 5) is 23.2. The predicted molar refractivity (Wildman–Crippen MR) is 49.4 cm³/mol. The molecule has 0 aliphatic carbocycles. The Morgan fingerprint density at radius 1 is 1.38 bits per heavy atom. The van der Waals surface area contributed by atoms with Crippen molar-refractivity contribution in [1.82, 2.24) is 4.90 Å². The number of hydrogen-bond donors (Lipinski definition) is 1. The highest BCUT2D eigenvalue weighted by Gasteiger charge is 2.18. The second-order valence-corrected chi connectivity index (χ2v) is 3.26. The molecule has 0 rings (SSSR count). The molecule has 13 heavy (non-hydrogen) atoms. The quantitative estimate of drug-likeness (QED) is 0.701. The van der Waals surface area contributed by atoms with Gasteiger partial charge in [0, 0.05) is 12.5 Å². The Hall–Kier alpha value is -1.06. The third-order valence-electron chi connectivity index (χ3n) is 1.71. The molecule has 0 aromatic rings. The van der Waals surface area contributed by atoms with Crippen molar-refractivity contribution in [2.24, 2.45) is 0 Å². The van der Waals surface area contributed by atoms with E-state index in [9.17, 15) is 9.59 Å². The van der Waals surface area contributed by atoms with Crippen LogP contribution in [-0.4, -0.2) is 34.5 Å². The van der Waals surface area contributed by atoms with Gasteiger partial charge >= 0.3 is 5.97 Å². The smallest absolute Gasteiger partial charge is 0.323 e. The first-order valence-corrected chi connectivity index (χ1v) is 4.50. The van der Waals surface area contributed by atoms with Crippen LogP contribution in [0, 0.1) is 0 Å². The van der Waals surface area contributed by atoms with Gasteiger partial charge in [0.15, 0.2) is 0 Å². The molecule has 0 aliphatic heterocycles. The maximum absolute atomic E-state index is 11.4. The largest absolute Gasteiger partial charge is 0.480 e. The van der Waals surface area contributed by atoms with Crippen LogP contribution in [-0.2, 0) is 9.59 Å². The van der Waals surface area contributed by atoms with Gasteiger partial charge < -0.3 is 10.0 Å². The monoisotopic (exact) mass is 187 g/mol. The van der Waals surface area contributed by atoms with Crippen LogP contribution in [0.2, 0.25) is 0 Å². The molecule has 0 aromatic heterocycles. The van der Waals surface area contributed by atoms with Crippen LogP contribution in [0.25, 0.3) is 0 Å². The molecule has 0 heterocycles. The molecule has 0 radical (unpaired) electrons. The van der Waals surface area contributed by atoms with Crippen molar-refractivity contribution >= 4 is 11.9 Å². The maximum atomic E-state index is 11.4. The van der Waals surface area contributed by atoms with Crippen molar-refractivity contribution in [2.45, 2.75) is 39.7 Å². The molecule has 4 heteroatoms. The summed E-state index contributed by atoms with van der Waals surface area (Å²) in [6, 6.07) is -0.0462. The van der Waals surface area contributed by atoms with Crippen molar-refractivity contribution in [3.8, 4) is 0 Å². The molecular weight excluding hydrogens is 170 g/mol. The lowest BCUT2D eigenvalue weighted by atomic mass is 10.2. The Morgan fingerprint density at radius 2 is 1.92 bits per heavy atom. The molecule has 0 fully saturated rings. The van der Waals surface area contributed by atoms with E-state index in [1.165, 1.54) is 4.90 Å². The zero-order valence-corrected chi connectivity index (χ0v) is 8.41. The minimum absolute atomic E-state index is 0.0462. The van der Waals surface area contributed by atoms with Gasteiger partial charge in [-0.2, -0.15) is 0 Å². The highest BCUT2D eigenvalue weighted by molar-refractivity contribution is 5.81. The van der Waals surface area contributed by atoms with Crippen LogP contribution in [0.1, 0.15) is 33.6 Å². The fourth-order valence-corrected chi connectivity index (χ4v) is 1.06. The zero-order chi connectivity index (χ0) is 10.4. The Morgan fingerprint density at radius 3 is 2.23 bits per heavy atom. The molecule has 1 N–H and O–H groups in total. The number of nitrogens with zero attached hydrogens (tertiary/aromatic N) is 1. The molecule has 0 spiro atoms. The van der Waals surface area contributed by atoms with Crippen molar-refractivity contribution in [1.29, 1.82) is 0 Å². The zero-order valence-electron chi connectivity index (χ0n) is 8.41. The summed E-state index contributed by atoms with van der Waals surface area (Å²) in [5.74, 6) is -1.04. The van der Waals surface area contributed by atoms with E-state index < -0.39 is 5.97 Å². The normalized spacial score (nSPS) is 10.2. The van der Waals surface area contributed by atoms with E-state index in [2.05, 4.69) is 0 Å². The van der Waals surface area contributed by atoms with Gasteiger partial charge in [-0.25, -0.2) is 0 Å². The number of carboxylic acid groups (broad SMARTS) is 1. The average molecular weight is 187 g/mol. The van der Waals surface area contributed by atoms with Crippen LogP contribution in [0.5, 0.6) is 0 Å².